The molecule has 0 spiro atoms. The molecule has 1 heterocycles. The second-order valence-corrected chi connectivity index (χ2v) is 2.60. The Labute approximate surface area is 72.0 Å². The van der Waals surface area contributed by atoms with Gasteiger partial charge in [-0.1, -0.05) is 0 Å². The van der Waals surface area contributed by atoms with E-state index in [-0.39, 0.29) is 5.97 Å². The van der Waals surface area contributed by atoms with Crippen LogP contribution in [0.1, 0.15) is 12.8 Å². The van der Waals surface area contributed by atoms with Crippen molar-refractivity contribution in [2.24, 2.45) is 0 Å². The van der Waals surface area contributed by atoms with E-state index in [4.69, 9.17) is 0 Å². The summed E-state index contributed by atoms with van der Waals surface area (Å²) in [4.78, 5) is 10.7. The Morgan fingerprint density at radius 1 is 1.42 bits per heavy atom. The lowest BCUT2D eigenvalue weighted by molar-refractivity contribution is -0.140. The van der Waals surface area contributed by atoms with Gasteiger partial charge in [-0.05, 0) is 18.6 Å². The number of rotatable bonds is 4. The van der Waals surface area contributed by atoms with Gasteiger partial charge in [-0.3, -0.25) is 4.79 Å². The summed E-state index contributed by atoms with van der Waals surface area (Å²) < 4.78 is 6.57. The summed E-state index contributed by atoms with van der Waals surface area (Å²) in [5.41, 5.74) is 0. The number of ether oxygens (including phenoxy) is 1. The quantitative estimate of drug-likeness (QED) is 0.635. The van der Waals surface area contributed by atoms with E-state index in [2.05, 4.69) is 4.74 Å². The van der Waals surface area contributed by atoms with Gasteiger partial charge in [-0.15, -0.1) is 0 Å². The molecule has 0 saturated carbocycles. The maximum absolute atomic E-state index is 10.7. The van der Waals surface area contributed by atoms with E-state index in [1.165, 1.54) is 7.11 Å². The van der Waals surface area contributed by atoms with Gasteiger partial charge in [0, 0.05) is 25.4 Å². The van der Waals surface area contributed by atoms with Crippen LogP contribution >= 0.6 is 0 Å². The first kappa shape index (κ1) is 8.84. The van der Waals surface area contributed by atoms with E-state index in [0.717, 1.165) is 13.0 Å². The first-order valence-electron chi connectivity index (χ1n) is 4.00. The lowest BCUT2D eigenvalue weighted by atomic mass is 10.3. The summed E-state index contributed by atoms with van der Waals surface area (Å²) in [5, 5.41) is 0. The standard InChI is InChI=1S/C9H13NO2/c1-12-9(11)5-4-8-10-6-2-3-7-10/h2-3,6-7H,4-5,8H2,1H3. The van der Waals surface area contributed by atoms with Crippen LogP contribution < -0.4 is 0 Å². The maximum atomic E-state index is 10.7. The van der Waals surface area contributed by atoms with E-state index in [0.29, 0.717) is 6.42 Å². The van der Waals surface area contributed by atoms with Crippen LogP contribution in [0, 0.1) is 0 Å². The SMILES string of the molecule is COC(=O)CCCn1cccc1. The van der Waals surface area contributed by atoms with Gasteiger partial charge in [0.1, 0.15) is 0 Å². The molecule has 0 amide bonds. The van der Waals surface area contributed by atoms with Crippen molar-refractivity contribution in [2.75, 3.05) is 7.11 Å². The zero-order chi connectivity index (χ0) is 8.81. The minimum atomic E-state index is -0.137. The van der Waals surface area contributed by atoms with Crippen molar-refractivity contribution < 1.29 is 9.53 Å². The largest absolute Gasteiger partial charge is 0.469 e. The number of carbonyl (C=O) groups is 1. The molecule has 0 bridgehead atoms. The van der Waals surface area contributed by atoms with Crippen LogP contribution in [-0.2, 0) is 16.1 Å². The molecule has 0 N–H and O–H groups in total. The Bertz CT molecular complexity index is 229. The minimum Gasteiger partial charge on any atom is -0.469 e. The van der Waals surface area contributed by atoms with Gasteiger partial charge in [0.05, 0.1) is 7.11 Å². The number of nitrogens with zero attached hydrogens (tertiary/aromatic N) is 1. The van der Waals surface area contributed by atoms with E-state index in [1.54, 1.807) is 0 Å². The molecule has 1 rings (SSSR count). The van der Waals surface area contributed by atoms with Gasteiger partial charge in [0.15, 0.2) is 0 Å². The minimum absolute atomic E-state index is 0.137. The zero-order valence-corrected chi connectivity index (χ0v) is 7.19. The molecular formula is C9H13NO2. The number of aryl methyl sites for hydroxylation is 1. The normalized spacial score (nSPS) is 9.75. The lowest BCUT2D eigenvalue weighted by Crippen LogP contribution is -2.02. The topological polar surface area (TPSA) is 31.2 Å². The number of hydrogen-bond acceptors (Lipinski definition) is 2. The third-order valence-corrected chi connectivity index (χ3v) is 1.69. The van der Waals surface area contributed by atoms with Crippen molar-refractivity contribution in [2.45, 2.75) is 19.4 Å². The number of esters is 1. The summed E-state index contributed by atoms with van der Waals surface area (Å²) in [7, 11) is 1.41. The van der Waals surface area contributed by atoms with Crippen molar-refractivity contribution in [3.8, 4) is 0 Å². The molecular weight excluding hydrogens is 154 g/mol. The Kier molecular flexibility index (Phi) is 3.38. The molecule has 0 atom stereocenters. The first-order chi connectivity index (χ1) is 5.83. The summed E-state index contributed by atoms with van der Waals surface area (Å²) in [6.07, 6.45) is 5.30. The van der Waals surface area contributed by atoms with Gasteiger partial charge in [-0.25, -0.2) is 0 Å². The lowest BCUT2D eigenvalue weighted by Gasteiger charge is -2.00. The molecule has 0 aliphatic rings. The van der Waals surface area contributed by atoms with Crippen LogP contribution in [-0.4, -0.2) is 17.6 Å². The van der Waals surface area contributed by atoms with Crippen LogP contribution in [0.2, 0.25) is 0 Å². The summed E-state index contributed by atoms with van der Waals surface area (Å²) in [5.74, 6) is -0.137. The van der Waals surface area contributed by atoms with Gasteiger partial charge in [0.25, 0.3) is 0 Å². The van der Waals surface area contributed by atoms with Crippen LogP contribution in [0.5, 0.6) is 0 Å². The average Bonchev–Trinajstić information content (AvgIpc) is 2.57. The molecule has 0 fully saturated rings. The van der Waals surface area contributed by atoms with Gasteiger partial charge >= 0.3 is 5.97 Å². The molecule has 0 aliphatic heterocycles. The second-order valence-electron chi connectivity index (χ2n) is 2.60. The molecule has 3 heteroatoms. The van der Waals surface area contributed by atoms with Crippen molar-refractivity contribution in [3.05, 3.63) is 24.5 Å². The predicted octanol–water partition coefficient (Wildman–Crippen LogP) is 1.44. The highest BCUT2D eigenvalue weighted by atomic mass is 16.5. The van der Waals surface area contributed by atoms with Crippen LogP contribution in [0.3, 0.4) is 0 Å². The summed E-state index contributed by atoms with van der Waals surface area (Å²) >= 11 is 0. The highest BCUT2D eigenvalue weighted by molar-refractivity contribution is 5.68. The van der Waals surface area contributed by atoms with Crippen molar-refractivity contribution in [1.29, 1.82) is 0 Å². The highest BCUT2D eigenvalue weighted by Crippen LogP contribution is 1.97. The van der Waals surface area contributed by atoms with E-state index >= 15 is 0 Å². The second kappa shape index (κ2) is 4.59. The van der Waals surface area contributed by atoms with Gasteiger partial charge in [-0.2, -0.15) is 0 Å². The van der Waals surface area contributed by atoms with Crippen molar-refractivity contribution in [3.63, 3.8) is 0 Å². The predicted molar refractivity (Wildman–Crippen MR) is 45.7 cm³/mol. The summed E-state index contributed by atoms with van der Waals surface area (Å²) in [6.45, 7) is 0.877. The summed E-state index contributed by atoms with van der Waals surface area (Å²) in [6, 6.07) is 3.94. The third kappa shape index (κ3) is 2.78. The van der Waals surface area contributed by atoms with E-state index < -0.39 is 0 Å². The zero-order valence-electron chi connectivity index (χ0n) is 7.19. The Morgan fingerprint density at radius 3 is 2.67 bits per heavy atom. The molecule has 66 valence electrons. The number of hydrogen-bond donors (Lipinski definition) is 0. The smallest absolute Gasteiger partial charge is 0.305 e. The van der Waals surface area contributed by atoms with E-state index in [9.17, 15) is 4.79 Å². The molecule has 1 aromatic heterocycles. The first-order valence-corrected chi connectivity index (χ1v) is 4.00. The third-order valence-electron chi connectivity index (χ3n) is 1.69. The van der Waals surface area contributed by atoms with E-state index in [1.807, 2.05) is 29.1 Å². The average molecular weight is 167 g/mol. The number of methoxy groups -OCH3 is 1. The van der Waals surface area contributed by atoms with Crippen LogP contribution in [0.25, 0.3) is 0 Å². The molecule has 1 aromatic rings. The Hall–Kier alpha value is -1.25. The number of aromatic nitrogens is 1. The molecule has 0 aromatic carbocycles. The molecule has 12 heavy (non-hydrogen) atoms. The maximum Gasteiger partial charge on any atom is 0.305 e. The van der Waals surface area contributed by atoms with Crippen LogP contribution in [0.4, 0.5) is 0 Å². The molecule has 0 unspecified atom stereocenters. The van der Waals surface area contributed by atoms with Crippen molar-refractivity contribution in [1.82, 2.24) is 4.57 Å². The fourth-order valence-electron chi connectivity index (χ4n) is 1.03. The fourth-order valence-corrected chi connectivity index (χ4v) is 1.03. The van der Waals surface area contributed by atoms with Crippen molar-refractivity contribution >= 4 is 5.97 Å². The van der Waals surface area contributed by atoms with Gasteiger partial charge < -0.3 is 9.30 Å². The molecule has 0 aliphatic carbocycles. The molecule has 0 radical (unpaired) electrons. The van der Waals surface area contributed by atoms with Crippen LogP contribution in [0.15, 0.2) is 24.5 Å². The molecule has 3 nitrogen and oxygen atoms in total. The van der Waals surface area contributed by atoms with Gasteiger partial charge in [0.2, 0.25) is 0 Å². The monoisotopic (exact) mass is 167 g/mol. The fraction of sp³-hybridized carbons (Fsp3) is 0.444. The number of carbonyl (C=O) groups excluding carboxylic acids is 1. The Balaban J connectivity index is 2.15. The Morgan fingerprint density at radius 2 is 2.08 bits per heavy atom. The highest BCUT2D eigenvalue weighted by Gasteiger charge is 1.98. The molecule has 0 saturated heterocycles.